The Bertz CT molecular complexity index is 660. The number of carbonyl (C=O) groups is 3. The third-order valence-corrected chi connectivity index (χ3v) is 4.11. The maximum Gasteiger partial charge on any atom is 0.329 e. The van der Waals surface area contributed by atoms with Crippen LogP contribution in [0.2, 0.25) is 0 Å². The molecule has 0 aliphatic rings. The van der Waals surface area contributed by atoms with Gasteiger partial charge in [0.15, 0.2) is 6.61 Å². The minimum atomic E-state index is -0.872. The van der Waals surface area contributed by atoms with Crippen molar-refractivity contribution in [3.05, 3.63) is 29.8 Å². The van der Waals surface area contributed by atoms with Gasteiger partial charge in [0.25, 0.3) is 11.8 Å². The van der Waals surface area contributed by atoms with Crippen LogP contribution in [0.3, 0.4) is 0 Å². The van der Waals surface area contributed by atoms with Crippen LogP contribution in [-0.2, 0) is 14.3 Å². The Morgan fingerprint density at radius 1 is 1.04 bits per heavy atom. The molecule has 7 heteroatoms. The molecule has 156 valence electrons. The van der Waals surface area contributed by atoms with Crippen LogP contribution in [0.4, 0.5) is 0 Å². The largest absolute Gasteiger partial charge is 0.493 e. The quantitative estimate of drug-likeness (QED) is 0.565. The fraction of sp³-hybridized carbons (Fsp3) is 0.571. The van der Waals surface area contributed by atoms with Crippen molar-refractivity contribution in [3.63, 3.8) is 0 Å². The molecule has 1 rings (SSSR count). The number of nitrogens with one attached hydrogen (secondary N) is 2. The van der Waals surface area contributed by atoms with Gasteiger partial charge in [0.2, 0.25) is 0 Å². The van der Waals surface area contributed by atoms with Crippen molar-refractivity contribution in [2.45, 2.75) is 59.5 Å². The zero-order valence-corrected chi connectivity index (χ0v) is 17.4. The van der Waals surface area contributed by atoms with Gasteiger partial charge < -0.3 is 20.1 Å². The van der Waals surface area contributed by atoms with Crippen molar-refractivity contribution >= 4 is 17.8 Å². The number of carbonyl (C=O) groups excluding carboxylic acids is 3. The van der Waals surface area contributed by atoms with Crippen molar-refractivity contribution in [2.24, 2.45) is 5.92 Å². The van der Waals surface area contributed by atoms with Crippen LogP contribution in [-0.4, -0.2) is 43.1 Å². The summed E-state index contributed by atoms with van der Waals surface area (Å²) in [5.74, 6) is -1.19. The van der Waals surface area contributed by atoms with Gasteiger partial charge in [0, 0.05) is 6.04 Å². The van der Waals surface area contributed by atoms with E-state index < -0.39 is 17.9 Å². The Balaban J connectivity index is 2.71. The first-order valence-electron chi connectivity index (χ1n) is 9.78. The third kappa shape index (κ3) is 7.58. The summed E-state index contributed by atoms with van der Waals surface area (Å²) in [6, 6.07) is 5.97. The molecule has 28 heavy (non-hydrogen) atoms. The third-order valence-electron chi connectivity index (χ3n) is 4.11. The van der Waals surface area contributed by atoms with Gasteiger partial charge in [-0.15, -0.1) is 0 Å². The summed E-state index contributed by atoms with van der Waals surface area (Å²) < 4.78 is 10.6. The lowest BCUT2D eigenvalue weighted by molar-refractivity contribution is -0.151. The molecule has 0 heterocycles. The molecule has 0 radical (unpaired) electrons. The standard InChI is InChI=1S/C21H32N2O5/c1-6-10-15(5)22-18(24)13-28-21(26)19(14(3)4)23-20(25)16-11-8-9-12-17(16)27-7-2/h8-9,11-12,14-15,19H,6-7,10,13H2,1-5H3,(H,22,24)(H,23,25)/t15?,19-/m0/s1. The maximum atomic E-state index is 12.6. The minimum absolute atomic E-state index is 0.0202. The molecule has 0 saturated heterocycles. The van der Waals surface area contributed by atoms with E-state index in [-0.39, 0.29) is 24.5 Å². The highest BCUT2D eigenvalue weighted by Crippen LogP contribution is 2.18. The van der Waals surface area contributed by atoms with Crippen LogP contribution >= 0.6 is 0 Å². The van der Waals surface area contributed by atoms with Gasteiger partial charge in [-0.3, -0.25) is 9.59 Å². The lowest BCUT2D eigenvalue weighted by Crippen LogP contribution is -2.46. The molecule has 1 aromatic rings. The number of hydrogen-bond acceptors (Lipinski definition) is 5. The van der Waals surface area contributed by atoms with E-state index in [2.05, 4.69) is 10.6 Å². The summed E-state index contributed by atoms with van der Waals surface area (Å²) in [7, 11) is 0. The number of ether oxygens (including phenoxy) is 2. The van der Waals surface area contributed by atoms with Crippen LogP contribution in [0.25, 0.3) is 0 Å². The number of esters is 1. The average molecular weight is 392 g/mol. The SMILES string of the molecule is CCCC(C)NC(=O)COC(=O)[C@@H](NC(=O)c1ccccc1OCC)C(C)C. The van der Waals surface area contributed by atoms with E-state index in [1.54, 1.807) is 38.1 Å². The van der Waals surface area contributed by atoms with Gasteiger partial charge in [0.05, 0.1) is 12.2 Å². The number of para-hydroxylation sites is 1. The summed E-state index contributed by atoms with van der Waals surface area (Å²) in [6.45, 7) is 9.40. The fourth-order valence-corrected chi connectivity index (χ4v) is 2.70. The van der Waals surface area contributed by atoms with Crippen molar-refractivity contribution in [1.29, 1.82) is 0 Å². The lowest BCUT2D eigenvalue weighted by atomic mass is 10.0. The van der Waals surface area contributed by atoms with Gasteiger partial charge in [-0.05, 0) is 38.3 Å². The summed E-state index contributed by atoms with van der Waals surface area (Å²) in [4.78, 5) is 37.0. The lowest BCUT2D eigenvalue weighted by Gasteiger charge is -2.21. The Hall–Kier alpha value is -2.57. The highest BCUT2D eigenvalue weighted by atomic mass is 16.5. The van der Waals surface area contributed by atoms with E-state index in [1.165, 1.54) is 0 Å². The van der Waals surface area contributed by atoms with E-state index in [4.69, 9.17) is 9.47 Å². The average Bonchev–Trinajstić information content (AvgIpc) is 2.64. The van der Waals surface area contributed by atoms with E-state index in [0.29, 0.717) is 17.9 Å². The Morgan fingerprint density at radius 3 is 2.32 bits per heavy atom. The zero-order chi connectivity index (χ0) is 21.1. The van der Waals surface area contributed by atoms with Crippen molar-refractivity contribution < 1.29 is 23.9 Å². The molecule has 2 amide bonds. The highest BCUT2D eigenvalue weighted by Gasteiger charge is 2.27. The van der Waals surface area contributed by atoms with Gasteiger partial charge in [-0.2, -0.15) is 0 Å². The molecule has 2 atom stereocenters. The predicted molar refractivity (Wildman–Crippen MR) is 107 cm³/mol. The van der Waals surface area contributed by atoms with E-state index >= 15 is 0 Å². The van der Waals surface area contributed by atoms with Crippen molar-refractivity contribution in [3.8, 4) is 5.75 Å². The van der Waals surface area contributed by atoms with E-state index in [0.717, 1.165) is 12.8 Å². The fourth-order valence-electron chi connectivity index (χ4n) is 2.70. The second kappa shape index (κ2) is 12.0. The second-order valence-corrected chi connectivity index (χ2v) is 6.99. The molecule has 7 nitrogen and oxygen atoms in total. The van der Waals surface area contributed by atoms with Crippen LogP contribution in [0.5, 0.6) is 5.75 Å². The first-order valence-corrected chi connectivity index (χ1v) is 9.78. The number of benzene rings is 1. The molecule has 1 aromatic carbocycles. The number of rotatable bonds is 11. The van der Waals surface area contributed by atoms with E-state index in [1.807, 2.05) is 20.8 Å². The van der Waals surface area contributed by atoms with Crippen LogP contribution in [0.15, 0.2) is 24.3 Å². The first kappa shape index (κ1) is 23.5. The van der Waals surface area contributed by atoms with Crippen LogP contribution in [0.1, 0.15) is 57.8 Å². The molecule has 2 N–H and O–H groups in total. The molecule has 0 aromatic heterocycles. The highest BCUT2D eigenvalue weighted by molar-refractivity contribution is 5.99. The van der Waals surface area contributed by atoms with Gasteiger partial charge in [-0.25, -0.2) is 4.79 Å². The summed E-state index contributed by atoms with van der Waals surface area (Å²) in [5, 5.41) is 5.46. The minimum Gasteiger partial charge on any atom is -0.493 e. The molecular formula is C21H32N2O5. The summed E-state index contributed by atoms with van der Waals surface area (Å²) in [6.07, 6.45) is 1.80. The molecule has 0 spiro atoms. The summed E-state index contributed by atoms with van der Waals surface area (Å²) >= 11 is 0. The molecule has 0 aliphatic heterocycles. The monoisotopic (exact) mass is 392 g/mol. The maximum absolute atomic E-state index is 12.6. The predicted octanol–water partition coefficient (Wildman–Crippen LogP) is 2.69. The Kier molecular flexibility index (Phi) is 10.1. The molecule has 0 fully saturated rings. The van der Waals surface area contributed by atoms with E-state index in [9.17, 15) is 14.4 Å². The molecule has 1 unspecified atom stereocenters. The van der Waals surface area contributed by atoms with Crippen molar-refractivity contribution in [2.75, 3.05) is 13.2 Å². The first-order chi connectivity index (χ1) is 13.3. The van der Waals surface area contributed by atoms with Gasteiger partial charge in [-0.1, -0.05) is 39.3 Å². The smallest absolute Gasteiger partial charge is 0.329 e. The number of amides is 2. The van der Waals surface area contributed by atoms with Crippen molar-refractivity contribution in [1.82, 2.24) is 10.6 Å². The Morgan fingerprint density at radius 2 is 1.71 bits per heavy atom. The Labute approximate surface area is 167 Å². The van der Waals surface area contributed by atoms with Gasteiger partial charge in [0.1, 0.15) is 11.8 Å². The van der Waals surface area contributed by atoms with Crippen LogP contribution in [0, 0.1) is 5.92 Å². The second-order valence-electron chi connectivity index (χ2n) is 6.99. The van der Waals surface area contributed by atoms with Gasteiger partial charge >= 0.3 is 5.97 Å². The molecule has 0 aliphatic carbocycles. The zero-order valence-electron chi connectivity index (χ0n) is 17.4. The molecule has 0 bridgehead atoms. The normalized spacial score (nSPS) is 12.8. The topological polar surface area (TPSA) is 93.7 Å². The number of hydrogen-bond donors (Lipinski definition) is 2. The summed E-state index contributed by atoms with van der Waals surface area (Å²) in [5.41, 5.74) is 0.342. The molecular weight excluding hydrogens is 360 g/mol. The molecule has 0 saturated carbocycles. The van der Waals surface area contributed by atoms with Crippen LogP contribution < -0.4 is 15.4 Å².